The Balaban J connectivity index is 2.48. The van der Waals surface area contributed by atoms with Gasteiger partial charge in [0, 0.05) is 25.3 Å². The maximum absolute atomic E-state index is 4.26. The number of aromatic nitrogens is 2. The zero-order chi connectivity index (χ0) is 11.3. The van der Waals surface area contributed by atoms with E-state index in [0.29, 0.717) is 12.0 Å². The van der Waals surface area contributed by atoms with Crippen LogP contribution in [-0.4, -0.2) is 15.8 Å². The molecule has 0 fully saturated rings. The number of hydrogen-bond donors (Lipinski definition) is 1. The average molecular weight is 209 g/mol. The Morgan fingerprint density at radius 3 is 2.67 bits per heavy atom. The van der Waals surface area contributed by atoms with E-state index in [2.05, 4.69) is 44.2 Å². The Kier molecular flexibility index (Phi) is 4.82. The van der Waals surface area contributed by atoms with Gasteiger partial charge in [-0.05, 0) is 25.3 Å². The molecule has 1 N–H and O–H groups in total. The maximum Gasteiger partial charge on any atom is 0.0522 e. The van der Waals surface area contributed by atoms with Crippen LogP contribution >= 0.6 is 0 Å². The van der Waals surface area contributed by atoms with Crippen LogP contribution in [0.4, 0.5) is 0 Å². The number of hydrogen-bond acceptors (Lipinski definition) is 2. The summed E-state index contributed by atoms with van der Waals surface area (Å²) in [6, 6.07) is 2.69. The van der Waals surface area contributed by atoms with Crippen molar-refractivity contribution >= 4 is 0 Å². The second-order valence-corrected chi connectivity index (χ2v) is 4.28. The molecule has 0 radical (unpaired) electrons. The lowest BCUT2D eigenvalue weighted by Gasteiger charge is -2.20. The first-order valence-corrected chi connectivity index (χ1v) is 5.93. The van der Waals surface area contributed by atoms with Gasteiger partial charge >= 0.3 is 0 Å². The highest BCUT2D eigenvalue weighted by molar-refractivity contribution is 5.00. The predicted molar refractivity (Wildman–Crippen MR) is 63.7 cm³/mol. The topological polar surface area (TPSA) is 29.9 Å². The summed E-state index contributed by atoms with van der Waals surface area (Å²) in [4.78, 5) is 0. The van der Waals surface area contributed by atoms with Crippen molar-refractivity contribution in [1.82, 2.24) is 15.1 Å². The van der Waals surface area contributed by atoms with Crippen LogP contribution in [0.3, 0.4) is 0 Å². The van der Waals surface area contributed by atoms with E-state index in [9.17, 15) is 0 Å². The van der Waals surface area contributed by atoms with Gasteiger partial charge in [0.15, 0.2) is 0 Å². The van der Waals surface area contributed by atoms with Crippen molar-refractivity contribution in [3.63, 3.8) is 0 Å². The summed E-state index contributed by atoms with van der Waals surface area (Å²) in [5.41, 5.74) is 1.27. The summed E-state index contributed by atoms with van der Waals surface area (Å²) >= 11 is 0. The fourth-order valence-corrected chi connectivity index (χ4v) is 1.88. The van der Waals surface area contributed by atoms with Gasteiger partial charge in [0.05, 0.1) is 5.69 Å². The van der Waals surface area contributed by atoms with Crippen molar-refractivity contribution in [2.24, 2.45) is 5.92 Å². The molecule has 1 atom stereocenters. The summed E-state index contributed by atoms with van der Waals surface area (Å²) in [5.74, 6) is 0.688. The summed E-state index contributed by atoms with van der Waals surface area (Å²) in [6.07, 6.45) is 3.05. The molecule has 86 valence electrons. The number of aryl methyl sites for hydroxylation is 1. The van der Waals surface area contributed by atoms with Gasteiger partial charge in [0.1, 0.15) is 0 Å². The highest BCUT2D eigenvalue weighted by atomic mass is 15.3. The Bertz CT molecular complexity index is 278. The molecule has 0 aromatic carbocycles. The summed E-state index contributed by atoms with van der Waals surface area (Å²) < 4.78 is 2.04. The van der Waals surface area contributed by atoms with Crippen LogP contribution in [0.1, 0.15) is 39.8 Å². The van der Waals surface area contributed by atoms with Gasteiger partial charge in [0.25, 0.3) is 0 Å². The molecule has 0 aliphatic heterocycles. The normalized spacial score (nSPS) is 13.4. The Morgan fingerprint density at radius 1 is 1.40 bits per heavy atom. The van der Waals surface area contributed by atoms with Crippen LogP contribution in [0.25, 0.3) is 0 Å². The van der Waals surface area contributed by atoms with Crippen LogP contribution in [0.5, 0.6) is 0 Å². The molecule has 3 heteroatoms. The molecule has 0 aliphatic carbocycles. The average Bonchev–Trinajstić information content (AvgIpc) is 2.65. The molecule has 0 aliphatic rings. The van der Waals surface area contributed by atoms with Crippen molar-refractivity contribution < 1.29 is 0 Å². The first-order valence-electron chi connectivity index (χ1n) is 5.93. The number of nitrogens with zero attached hydrogens (tertiary/aromatic N) is 2. The summed E-state index contributed by atoms with van der Waals surface area (Å²) in [5, 5.41) is 7.85. The lowest BCUT2D eigenvalue weighted by molar-refractivity contribution is 0.381. The van der Waals surface area contributed by atoms with Gasteiger partial charge in [-0.2, -0.15) is 5.10 Å². The molecule has 15 heavy (non-hydrogen) atoms. The Labute approximate surface area is 92.9 Å². The van der Waals surface area contributed by atoms with E-state index in [1.165, 1.54) is 12.1 Å². The van der Waals surface area contributed by atoms with E-state index in [1.807, 2.05) is 10.9 Å². The summed E-state index contributed by atoms with van der Waals surface area (Å²) in [7, 11) is 0. The largest absolute Gasteiger partial charge is 0.308 e. The summed E-state index contributed by atoms with van der Waals surface area (Å²) in [6.45, 7) is 10.7. The second kappa shape index (κ2) is 5.91. The predicted octanol–water partition coefficient (Wildman–Crippen LogP) is 2.43. The van der Waals surface area contributed by atoms with Crippen molar-refractivity contribution in [2.45, 2.75) is 53.2 Å². The van der Waals surface area contributed by atoms with Gasteiger partial charge in [-0.25, -0.2) is 0 Å². The van der Waals surface area contributed by atoms with Gasteiger partial charge in [-0.3, -0.25) is 4.68 Å². The quantitative estimate of drug-likeness (QED) is 0.780. The molecule has 0 spiro atoms. The van der Waals surface area contributed by atoms with E-state index < -0.39 is 0 Å². The monoisotopic (exact) mass is 209 g/mol. The van der Waals surface area contributed by atoms with Crippen molar-refractivity contribution in [3.05, 3.63) is 18.0 Å². The zero-order valence-electron chi connectivity index (χ0n) is 10.3. The minimum Gasteiger partial charge on any atom is -0.308 e. The molecule has 1 aromatic rings. The van der Waals surface area contributed by atoms with Gasteiger partial charge in [-0.1, -0.05) is 20.8 Å². The molecule has 1 heterocycles. The minimum absolute atomic E-state index is 0.602. The van der Waals surface area contributed by atoms with Crippen molar-refractivity contribution in [2.75, 3.05) is 0 Å². The van der Waals surface area contributed by atoms with Gasteiger partial charge < -0.3 is 5.32 Å². The van der Waals surface area contributed by atoms with E-state index in [0.717, 1.165) is 13.1 Å². The Morgan fingerprint density at radius 2 is 2.13 bits per heavy atom. The van der Waals surface area contributed by atoms with E-state index in [-0.39, 0.29) is 0 Å². The molecule has 3 nitrogen and oxygen atoms in total. The van der Waals surface area contributed by atoms with E-state index in [1.54, 1.807) is 0 Å². The highest BCUT2D eigenvalue weighted by Crippen LogP contribution is 2.07. The van der Waals surface area contributed by atoms with Crippen molar-refractivity contribution in [1.29, 1.82) is 0 Å². The molecule has 0 amide bonds. The highest BCUT2D eigenvalue weighted by Gasteiger charge is 2.10. The zero-order valence-corrected chi connectivity index (χ0v) is 10.3. The first kappa shape index (κ1) is 12.2. The third kappa shape index (κ3) is 3.34. The van der Waals surface area contributed by atoms with Crippen LogP contribution in [0.2, 0.25) is 0 Å². The molecule has 1 rings (SSSR count). The lowest BCUT2D eigenvalue weighted by atomic mass is 10.0. The minimum atomic E-state index is 0.602. The molecule has 0 saturated heterocycles. The van der Waals surface area contributed by atoms with Crippen LogP contribution in [0, 0.1) is 5.92 Å². The molecule has 1 aromatic heterocycles. The lowest BCUT2D eigenvalue weighted by Crippen LogP contribution is -2.33. The Hall–Kier alpha value is -0.830. The third-order valence-corrected chi connectivity index (χ3v) is 2.89. The van der Waals surface area contributed by atoms with Gasteiger partial charge in [-0.15, -0.1) is 0 Å². The molecular formula is C12H23N3. The first-order chi connectivity index (χ1) is 7.19. The maximum atomic E-state index is 4.26. The SMILES string of the molecule is CCC(NCc1ccnn1CC)C(C)C. The number of nitrogens with one attached hydrogen (secondary N) is 1. The molecule has 0 bridgehead atoms. The standard InChI is InChI=1S/C12H23N3/c1-5-12(10(3)4)13-9-11-7-8-14-15(11)6-2/h7-8,10,12-13H,5-6,9H2,1-4H3. The number of rotatable bonds is 6. The third-order valence-electron chi connectivity index (χ3n) is 2.89. The molecular weight excluding hydrogens is 186 g/mol. The fourth-order valence-electron chi connectivity index (χ4n) is 1.88. The van der Waals surface area contributed by atoms with Crippen LogP contribution in [0.15, 0.2) is 12.3 Å². The second-order valence-electron chi connectivity index (χ2n) is 4.28. The van der Waals surface area contributed by atoms with E-state index in [4.69, 9.17) is 0 Å². The van der Waals surface area contributed by atoms with E-state index >= 15 is 0 Å². The van der Waals surface area contributed by atoms with Crippen LogP contribution in [-0.2, 0) is 13.1 Å². The van der Waals surface area contributed by atoms with Crippen LogP contribution < -0.4 is 5.32 Å². The molecule has 1 unspecified atom stereocenters. The smallest absolute Gasteiger partial charge is 0.0522 e. The fraction of sp³-hybridized carbons (Fsp3) is 0.750. The molecule has 0 saturated carbocycles. The van der Waals surface area contributed by atoms with Gasteiger partial charge in [0.2, 0.25) is 0 Å². The van der Waals surface area contributed by atoms with Crippen molar-refractivity contribution in [3.8, 4) is 0 Å².